The summed E-state index contributed by atoms with van der Waals surface area (Å²) in [5.41, 5.74) is 2.09. The Hall–Kier alpha value is -2.34. The van der Waals surface area contributed by atoms with Crippen LogP contribution in [0.3, 0.4) is 0 Å². The van der Waals surface area contributed by atoms with Crippen molar-refractivity contribution in [2.75, 3.05) is 26.2 Å². The summed E-state index contributed by atoms with van der Waals surface area (Å²) in [6.45, 7) is 2.72. The zero-order valence-electron chi connectivity index (χ0n) is 15.6. The number of likely N-dealkylation sites (tertiary alicyclic amines) is 1. The minimum absolute atomic E-state index is 0.00328. The number of amides is 2. The van der Waals surface area contributed by atoms with Gasteiger partial charge in [-0.2, -0.15) is 0 Å². The molecule has 2 aliphatic heterocycles. The maximum Gasteiger partial charge on any atom is 0.227 e. The molecule has 2 aromatic rings. The molecule has 6 nitrogen and oxygen atoms in total. The highest BCUT2D eigenvalue weighted by Gasteiger charge is 2.28. The van der Waals surface area contributed by atoms with Crippen LogP contribution in [0.4, 0.5) is 0 Å². The van der Waals surface area contributed by atoms with E-state index in [2.05, 4.69) is 10.3 Å². The van der Waals surface area contributed by atoms with Gasteiger partial charge >= 0.3 is 0 Å². The number of aromatic nitrogens is 1. The Kier molecular flexibility index (Phi) is 5.43. The number of ether oxygens (including phenoxy) is 1. The summed E-state index contributed by atoms with van der Waals surface area (Å²) >= 11 is 0. The lowest BCUT2D eigenvalue weighted by molar-refractivity contribution is -0.135. The van der Waals surface area contributed by atoms with Crippen molar-refractivity contribution in [3.05, 3.63) is 36.0 Å². The van der Waals surface area contributed by atoms with Crippen LogP contribution < -0.4 is 5.32 Å². The summed E-state index contributed by atoms with van der Waals surface area (Å²) in [5.74, 6) is 0.246. The Bertz CT molecular complexity index is 802. The van der Waals surface area contributed by atoms with E-state index in [1.807, 2.05) is 35.4 Å². The molecule has 0 bridgehead atoms. The van der Waals surface area contributed by atoms with Crippen LogP contribution >= 0.6 is 0 Å². The molecule has 2 saturated heterocycles. The topological polar surface area (TPSA) is 74.4 Å². The van der Waals surface area contributed by atoms with E-state index in [0.717, 1.165) is 48.8 Å². The molecule has 2 fully saturated rings. The van der Waals surface area contributed by atoms with Crippen LogP contribution in [0.2, 0.25) is 0 Å². The molecule has 2 amide bonds. The highest BCUT2D eigenvalue weighted by atomic mass is 16.5. The Morgan fingerprint density at radius 1 is 1.19 bits per heavy atom. The fraction of sp³-hybridized carbons (Fsp3) is 0.524. The number of nitrogens with zero attached hydrogens (tertiary/aromatic N) is 1. The molecule has 2 N–H and O–H groups in total. The first-order valence-electron chi connectivity index (χ1n) is 9.93. The van der Waals surface area contributed by atoms with E-state index in [9.17, 15) is 9.59 Å². The zero-order chi connectivity index (χ0) is 18.6. The van der Waals surface area contributed by atoms with Crippen LogP contribution in [-0.2, 0) is 20.7 Å². The molecule has 1 atom stereocenters. The SMILES string of the molecule is O=C(NCC1CCCO1)C1CCN(C(=O)Cc2c[nH]c3ccccc23)CC1. The lowest BCUT2D eigenvalue weighted by Gasteiger charge is -2.31. The largest absolute Gasteiger partial charge is 0.376 e. The Labute approximate surface area is 159 Å². The van der Waals surface area contributed by atoms with Gasteiger partial charge in [0.1, 0.15) is 0 Å². The Morgan fingerprint density at radius 3 is 2.78 bits per heavy atom. The van der Waals surface area contributed by atoms with E-state index in [-0.39, 0.29) is 23.8 Å². The molecule has 2 aliphatic rings. The molecule has 0 radical (unpaired) electrons. The second-order valence-corrected chi connectivity index (χ2v) is 7.57. The van der Waals surface area contributed by atoms with E-state index in [4.69, 9.17) is 4.74 Å². The molecule has 0 aliphatic carbocycles. The van der Waals surface area contributed by atoms with Crippen molar-refractivity contribution in [2.24, 2.45) is 5.92 Å². The van der Waals surface area contributed by atoms with Crippen molar-refractivity contribution >= 4 is 22.7 Å². The summed E-state index contributed by atoms with van der Waals surface area (Å²) in [5, 5.41) is 4.13. The van der Waals surface area contributed by atoms with Gasteiger partial charge in [0.05, 0.1) is 12.5 Å². The minimum Gasteiger partial charge on any atom is -0.376 e. The van der Waals surface area contributed by atoms with Crippen molar-refractivity contribution in [2.45, 2.75) is 38.2 Å². The first kappa shape index (κ1) is 18.0. The van der Waals surface area contributed by atoms with E-state index < -0.39 is 0 Å². The fourth-order valence-electron chi connectivity index (χ4n) is 4.11. The van der Waals surface area contributed by atoms with Crippen LogP contribution in [0.15, 0.2) is 30.5 Å². The van der Waals surface area contributed by atoms with E-state index in [0.29, 0.717) is 26.1 Å². The summed E-state index contributed by atoms with van der Waals surface area (Å²) in [7, 11) is 0. The van der Waals surface area contributed by atoms with Gasteiger partial charge < -0.3 is 19.9 Å². The fourth-order valence-corrected chi connectivity index (χ4v) is 4.11. The average molecular weight is 369 g/mol. The number of carbonyl (C=O) groups excluding carboxylic acids is 2. The number of piperidine rings is 1. The van der Waals surface area contributed by atoms with Gasteiger partial charge in [0.25, 0.3) is 0 Å². The molecule has 27 heavy (non-hydrogen) atoms. The maximum absolute atomic E-state index is 12.7. The number of rotatable bonds is 5. The number of para-hydroxylation sites is 1. The van der Waals surface area contributed by atoms with Gasteiger partial charge in [-0.3, -0.25) is 9.59 Å². The predicted octanol–water partition coefficient (Wildman–Crippen LogP) is 2.24. The third kappa shape index (κ3) is 4.16. The number of aromatic amines is 1. The third-order valence-electron chi connectivity index (χ3n) is 5.76. The van der Waals surface area contributed by atoms with Crippen LogP contribution in [0, 0.1) is 5.92 Å². The monoisotopic (exact) mass is 369 g/mol. The summed E-state index contributed by atoms with van der Waals surface area (Å²) in [4.78, 5) is 30.2. The maximum atomic E-state index is 12.7. The van der Waals surface area contributed by atoms with E-state index in [1.165, 1.54) is 0 Å². The predicted molar refractivity (Wildman–Crippen MR) is 103 cm³/mol. The number of nitrogens with one attached hydrogen (secondary N) is 2. The summed E-state index contributed by atoms with van der Waals surface area (Å²) in [6.07, 6.45) is 6.08. The normalized spacial score (nSPS) is 20.9. The number of benzene rings is 1. The van der Waals surface area contributed by atoms with Gasteiger partial charge in [-0.15, -0.1) is 0 Å². The lowest BCUT2D eigenvalue weighted by Crippen LogP contribution is -2.44. The van der Waals surface area contributed by atoms with Gasteiger partial charge in [-0.1, -0.05) is 18.2 Å². The molecule has 1 unspecified atom stereocenters. The molecule has 3 heterocycles. The molecule has 4 rings (SSSR count). The lowest BCUT2D eigenvalue weighted by atomic mass is 9.95. The second kappa shape index (κ2) is 8.13. The van der Waals surface area contributed by atoms with E-state index in [1.54, 1.807) is 0 Å². The van der Waals surface area contributed by atoms with E-state index >= 15 is 0 Å². The molecule has 0 saturated carbocycles. The van der Waals surface area contributed by atoms with Crippen molar-refractivity contribution < 1.29 is 14.3 Å². The van der Waals surface area contributed by atoms with Gasteiger partial charge in [-0.05, 0) is 37.3 Å². The Morgan fingerprint density at radius 2 is 2.00 bits per heavy atom. The number of hydrogen-bond acceptors (Lipinski definition) is 3. The number of fused-ring (bicyclic) bond motifs is 1. The molecule has 144 valence electrons. The number of hydrogen-bond donors (Lipinski definition) is 2. The summed E-state index contributed by atoms with van der Waals surface area (Å²) in [6, 6.07) is 8.03. The Balaban J connectivity index is 1.26. The summed E-state index contributed by atoms with van der Waals surface area (Å²) < 4.78 is 5.55. The van der Waals surface area contributed by atoms with Gasteiger partial charge in [0.15, 0.2) is 0 Å². The highest BCUT2D eigenvalue weighted by Crippen LogP contribution is 2.22. The average Bonchev–Trinajstić information content (AvgIpc) is 3.36. The number of H-pyrrole nitrogens is 1. The van der Waals surface area contributed by atoms with Crippen LogP contribution in [-0.4, -0.2) is 54.0 Å². The highest BCUT2D eigenvalue weighted by molar-refractivity contribution is 5.89. The van der Waals surface area contributed by atoms with Gasteiger partial charge in [-0.25, -0.2) is 0 Å². The van der Waals surface area contributed by atoms with Crippen LogP contribution in [0.25, 0.3) is 10.9 Å². The smallest absolute Gasteiger partial charge is 0.227 e. The molecule has 1 aromatic heterocycles. The van der Waals surface area contributed by atoms with Gasteiger partial charge in [0.2, 0.25) is 11.8 Å². The quantitative estimate of drug-likeness (QED) is 0.849. The molecule has 0 spiro atoms. The minimum atomic E-state index is 0.00328. The van der Waals surface area contributed by atoms with Crippen molar-refractivity contribution in [3.8, 4) is 0 Å². The third-order valence-corrected chi connectivity index (χ3v) is 5.76. The molecule has 1 aromatic carbocycles. The van der Waals surface area contributed by atoms with Crippen LogP contribution in [0.5, 0.6) is 0 Å². The van der Waals surface area contributed by atoms with Crippen molar-refractivity contribution in [3.63, 3.8) is 0 Å². The van der Waals surface area contributed by atoms with Crippen LogP contribution in [0.1, 0.15) is 31.2 Å². The first-order chi connectivity index (χ1) is 13.2. The second-order valence-electron chi connectivity index (χ2n) is 7.57. The standard InChI is InChI=1S/C21H27N3O3/c25-20(12-16-13-22-19-6-2-1-5-18(16)19)24-9-7-15(8-10-24)21(26)23-14-17-4-3-11-27-17/h1-2,5-6,13,15,17,22H,3-4,7-12,14H2,(H,23,26). The number of carbonyl (C=O) groups is 2. The molecular formula is C21H27N3O3. The van der Waals surface area contributed by atoms with Crippen molar-refractivity contribution in [1.29, 1.82) is 0 Å². The first-order valence-corrected chi connectivity index (χ1v) is 9.93. The molecule has 6 heteroatoms. The zero-order valence-corrected chi connectivity index (χ0v) is 15.6. The molecular weight excluding hydrogens is 342 g/mol. The van der Waals surface area contributed by atoms with Gasteiger partial charge in [0, 0.05) is 49.3 Å². The van der Waals surface area contributed by atoms with Crippen molar-refractivity contribution in [1.82, 2.24) is 15.2 Å².